The number of aromatic nitrogens is 1. The first kappa shape index (κ1) is 14.9. The molecule has 0 aliphatic carbocycles. The Bertz CT molecular complexity index is 659. The maximum Gasteiger partial charge on any atom is 0.271 e. The van der Waals surface area contributed by atoms with Crippen molar-refractivity contribution in [1.29, 1.82) is 0 Å². The number of nitrogens with one attached hydrogen (secondary N) is 1. The smallest absolute Gasteiger partial charge is 0.271 e. The summed E-state index contributed by atoms with van der Waals surface area (Å²) in [5.74, 6) is 0. The van der Waals surface area contributed by atoms with E-state index in [1.807, 2.05) is 18.2 Å². The van der Waals surface area contributed by atoms with E-state index in [0.717, 1.165) is 21.9 Å². The van der Waals surface area contributed by atoms with E-state index in [2.05, 4.69) is 26.2 Å². The highest BCUT2D eigenvalue weighted by Crippen LogP contribution is 2.33. The summed E-state index contributed by atoms with van der Waals surface area (Å²) in [7, 11) is 1.64. The molecular weight excluding hydrogens is 372 g/mol. The number of hydrogen-bond acceptors (Lipinski definition) is 5. The fourth-order valence-corrected chi connectivity index (χ4v) is 5.35. The van der Waals surface area contributed by atoms with E-state index < -0.39 is 9.05 Å². The molecule has 0 aromatic carbocycles. The maximum absolute atomic E-state index is 11.3. The van der Waals surface area contributed by atoms with Crippen LogP contribution in [0.15, 0.2) is 39.1 Å². The quantitative estimate of drug-likeness (QED) is 0.808. The molecule has 0 spiro atoms. The van der Waals surface area contributed by atoms with Gasteiger partial charge in [-0.1, -0.05) is 6.07 Å². The van der Waals surface area contributed by atoms with Crippen LogP contribution in [-0.4, -0.2) is 13.4 Å². The molecule has 102 valence electrons. The summed E-state index contributed by atoms with van der Waals surface area (Å²) in [4.78, 5) is 5.08. The van der Waals surface area contributed by atoms with Crippen LogP contribution in [0, 0.1) is 0 Å². The second-order valence-electron chi connectivity index (χ2n) is 3.71. The summed E-state index contributed by atoms with van der Waals surface area (Å²) in [6, 6.07) is 7.46. The van der Waals surface area contributed by atoms with Gasteiger partial charge in [0.25, 0.3) is 9.05 Å². The predicted molar refractivity (Wildman–Crippen MR) is 79.8 cm³/mol. The summed E-state index contributed by atoms with van der Waals surface area (Å²) < 4.78 is 23.2. The molecule has 8 heteroatoms. The minimum Gasteiger partial charge on any atom is -0.306 e. The monoisotopic (exact) mass is 380 g/mol. The van der Waals surface area contributed by atoms with Crippen molar-refractivity contribution in [1.82, 2.24) is 10.3 Å². The van der Waals surface area contributed by atoms with Crippen molar-refractivity contribution in [3.8, 4) is 0 Å². The van der Waals surface area contributed by atoms with Crippen molar-refractivity contribution in [2.45, 2.75) is 17.3 Å². The van der Waals surface area contributed by atoms with Crippen molar-refractivity contribution in [2.24, 2.45) is 0 Å². The van der Waals surface area contributed by atoms with Gasteiger partial charge in [-0.15, -0.1) is 11.3 Å². The van der Waals surface area contributed by atoms with E-state index in [-0.39, 0.29) is 4.21 Å². The van der Waals surface area contributed by atoms with Gasteiger partial charge < -0.3 is 5.32 Å². The molecule has 0 aliphatic heterocycles. The Morgan fingerprint density at radius 2 is 2.16 bits per heavy atom. The van der Waals surface area contributed by atoms with Gasteiger partial charge in [0, 0.05) is 39.3 Å². The molecule has 0 aliphatic rings. The molecule has 0 saturated heterocycles. The summed E-state index contributed by atoms with van der Waals surface area (Å²) in [5, 5.41) is 3.20. The average Bonchev–Trinajstić information content (AvgIpc) is 2.72. The minimum absolute atomic E-state index is 0.142. The Morgan fingerprint density at radius 1 is 1.37 bits per heavy atom. The molecule has 0 saturated carbocycles. The van der Waals surface area contributed by atoms with Gasteiger partial charge in [0.15, 0.2) is 0 Å². The Hall–Kier alpha value is -0.470. The third kappa shape index (κ3) is 4.25. The van der Waals surface area contributed by atoms with Gasteiger partial charge in [-0.25, -0.2) is 8.42 Å². The molecule has 0 fully saturated rings. The van der Waals surface area contributed by atoms with Gasteiger partial charge >= 0.3 is 0 Å². The van der Waals surface area contributed by atoms with E-state index in [4.69, 9.17) is 10.7 Å². The Labute approximate surface area is 128 Å². The van der Waals surface area contributed by atoms with E-state index in [1.54, 1.807) is 12.3 Å². The molecular formula is C11H10BrClN2O2S2. The molecule has 4 nitrogen and oxygen atoms in total. The zero-order valence-electron chi connectivity index (χ0n) is 9.64. The van der Waals surface area contributed by atoms with Gasteiger partial charge in [0.2, 0.25) is 0 Å². The standard InChI is InChI=1S/C11H10BrClN2O2S2/c12-10-5-9(18-11(10)19(13,16)17)7-14-6-8-3-1-2-4-15-8/h1-5,14H,6-7H2. The molecule has 0 atom stereocenters. The fraction of sp³-hybridized carbons (Fsp3) is 0.182. The number of pyridine rings is 1. The summed E-state index contributed by atoms with van der Waals surface area (Å²) in [6.07, 6.45) is 1.73. The van der Waals surface area contributed by atoms with Crippen LogP contribution in [0.4, 0.5) is 0 Å². The van der Waals surface area contributed by atoms with E-state index >= 15 is 0 Å². The molecule has 2 aromatic rings. The van der Waals surface area contributed by atoms with Gasteiger partial charge in [-0.05, 0) is 34.1 Å². The molecule has 0 amide bonds. The molecule has 2 rings (SSSR count). The molecule has 0 radical (unpaired) electrons. The van der Waals surface area contributed by atoms with E-state index in [1.165, 1.54) is 0 Å². The highest BCUT2D eigenvalue weighted by Gasteiger charge is 2.18. The highest BCUT2D eigenvalue weighted by atomic mass is 79.9. The predicted octanol–water partition coefficient (Wildman–Crippen LogP) is 3.12. The third-order valence-electron chi connectivity index (χ3n) is 2.26. The molecule has 0 unspecified atom stereocenters. The number of rotatable bonds is 5. The average molecular weight is 382 g/mol. The van der Waals surface area contributed by atoms with Crippen LogP contribution in [0.3, 0.4) is 0 Å². The summed E-state index contributed by atoms with van der Waals surface area (Å²) in [6.45, 7) is 1.19. The first-order chi connectivity index (χ1) is 8.97. The van der Waals surface area contributed by atoms with Crippen LogP contribution in [0.2, 0.25) is 0 Å². The molecule has 2 heterocycles. The zero-order valence-corrected chi connectivity index (χ0v) is 13.6. The van der Waals surface area contributed by atoms with Crippen molar-refractivity contribution >= 4 is 47.0 Å². The normalized spacial score (nSPS) is 11.7. The second kappa shape index (κ2) is 6.32. The van der Waals surface area contributed by atoms with E-state index in [9.17, 15) is 8.42 Å². The molecule has 1 N–H and O–H groups in total. The third-order valence-corrected chi connectivity index (χ3v) is 6.65. The number of nitrogens with zero attached hydrogens (tertiary/aromatic N) is 1. The van der Waals surface area contributed by atoms with Crippen LogP contribution in [0.1, 0.15) is 10.6 Å². The first-order valence-electron chi connectivity index (χ1n) is 5.30. The summed E-state index contributed by atoms with van der Waals surface area (Å²) in [5.41, 5.74) is 0.934. The van der Waals surface area contributed by atoms with Crippen molar-refractivity contribution in [3.05, 3.63) is 45.5 Å². The van der Waals surface area contributed by atoms with Crippen LogP contribution in [-0.2, 0) is 22.1 Å². The lowest BCUT2D eigenvalue weighted by atomic mass is 10.3. The van der Waals surface area contributed by atoms with Crippen LogP contribution in [0.5, 0.6) is 0 Å². The van der Waals surface area contributed by atoms with Gasteiger partial charge in [0.1, 0.15) is 4.21 Å². The SMILES string of the molecule is O=S(=O)(Cl)c1sc(CNCc2ccccn2)cc1Br. The van der Waals surface area contributed by atoms with Crippen LogP contribution in [0.25, 0.3) is 0 Å². The number of hydrogen-bond donors (Lipinski definition) is 1. The highest BCUT2D eigenvalue weighted by molar-refractivity contribution is 9.10. The van der Waals surface area contributed by atoms with Crippen molar-refractivity contribution < 1.29 is 8.42 Å². The van der Waals surface area contributed by atoms with E-state index in [0.29, 0.717) is 17.6 Å². The van der Waals surface area contributed by atoms with Crippen molar-refractivity contribution in [2.75, 3.05) is 0 Å². The zero-order chi connectivity index (χ0) is 13.9. The van der Waals surface area contributed by atoms with Crippen LogP contribution >= 0.6 is 37.9 Å². The Kier molecular flexibility index (Phi) is 4.97. The van der Waals surface area contributed by atoms with Crippen LogP contribution < -0.4 is 5.32 Å². The van der Waals surface area contributed by atoms with Gasteiger partial charge in [-0.3, -0.25) is 4.98 Å². The lowest BCUT2D eigenvalue weighted by Crippen LogP contribution is -2.12. The largest absolute Gasteiger partial charge is 0.306 e. The molecule has 19 heavy (non-hydrogen) atoms. The molecule has 2 aromatic heterocycles. The Balaban J connectivity index is 1.98. The maximum atomic E-state index is 11.3. The lowest BCUT2D eigenvalue weighted by molar-refractivity contribution is 0.611. The Morgan fingerprint density at radius 3 is 2.74 bits per heavy atom. The number of halogens is 2. The first-order valence-corrected chi connectivity index (χ1v) is 9.22. The fourth-order valence-electron chi connectivity index (χ4n) is 1.47. The molecule has 0 bridgehead atoms. The number of thiophene rings is 1. The van der Waals surface area contributed by atoms with Crippen molar-refractivity contribution in [3.63, 3.8) is 0 Å². The second-order valence-corrected chi connectivity index (χ2v) is 8.46. The lowest BCUT2D eigenvalue weighted by Gasteiger charge is -2.01. The minimum atomic E-state index is -3.69. The topological polar surface area (TPSA) is 59.1 Å². The van der Waals surface area contributed by atoms with Gasteiger partial charge in [-0.2, -0.15) is 0 Å². The van der Waals surface area contributed by atoms with Gasteiger partial charge in [0.05, 0.1) is 5.69 Å². The summed E-state index contributed by atoms with van der Waals surface area (Å²) >= 11 is 4.35.